The van der Waals surface area contributed by atoms with Crippen LogP contribution >= 0.6 is 0 Å². The Labute approximate surface area is 125 Å². The van der Waals surface area contributed by atoms with E-state index in [1.54, 1.807) is 24.3 Å². The molecule has 3 rings (SSSR count). The van der Waals surface area contributed by atoms with Crippen LogP contribution in [0.3, 0.4) is 0 Å². The normalized spacial score (nSPS) is 11.9. The SMILES string of the molecule is N#CC(C#N)=CNc1cc2c(cc1-n1cnnn1)OCCO2. The lowest BCUT2D eigenvalue weighted by molar-refractivity contribution is 0.171. The Morgan fingerprint density at radius 2 is 1.95 bits per heavy atom. The molecular weight excluding hydrogens is 286 g/mol. The number of hydrogen-bond donors (Lipinski definition) is 1. The number of fused-ring (bicyclic) bond motifs is 1. The maximum atomic E-state index is 8.79. The van der Waals surface area contributed by atoms with Gasteiger partial charge in [0, 0.05) is 18.3 Å². The van der Waals surface area contributed by atoms with Crippen LogP contribution in [0.4, 0.5) is 5.69 Å². The molecule has 0 spiro atoms. The Morgan fingerprint density at radius 1 is 1.23 bits per heavy atom. The number of benzene rings is 1. The maximum Gasteiger partial charge on any atom is 0.163 e. The number of ether oxygens (including phenoxy) is 2. The van der Waals surface area contributed by atoms with Crippen molar-refractivity contribution < 1.29 is 9.47 Å². The lowest BCUT2D eigenvalue weighted by Gasteiger charge is -2.20. The summed E-state index contributed by atoms with van der Waals surface area (Å²) in [6.07, 6.45) is 2.73. The van der Waals surface area contributed by atoms with Crippen molar-refractivity contribution in [3.8, 4) is 29.3 Å². The number of tetrazole rings is 1. The number of aromatic nitrogens is 4. The average molecular weight is 295 g/mol. The number of rotatable bonds is 3. The van der Waals surface area contributed by atoms with Crippen LogP contribution < -0.4 is 14.8 Å². The highest BCUT2D eigenvalue weighted by molar-refractivity contribution is 5.69. The second-order valence-corrected chi connectivity index (χ2v) is 4.19. The molecule has 2 aromatic rings. The first-order valence-electron chi connectivity index (χ1n) is 6.25. The molecule has 0 radical (unpaired) electrons. The van der Waals surface area contributed by atoms with Crippen molar-refractivity contribution in [1.82, 2.24) is 20.2 Å². The van der Waals surface area contributed by atoms with Gasteiger partial charge < -0.3 is 14.8 Å². The Bertz CT molecular complexity index is 783. The lowest BCUT2D eigenvalue weighted by atomic mass is 10.2. The van der Waals surface area contributed by atoms with E-state index in [1.807, 2.05) is 0 Å². The van der Waals surface area contributed by atoms with Gasteiger partial charge in [-0.2, -0.15) is 15.2 Å². The van der Waals surface area contributed by atoms with Gasteiger partial charge in [-0.1, -0.05) is 0 Å². The monoisotopic (exact) mass is 295 g/mol. The zero-order chi connectivity index (χ0) is 15.4. The second kappa shape index (κ2) is 5.81. The van der Waals surface area contributed by atoms with E-state index in [0.29, 0.717) is 36.1 Å². The first-order valence-corrected chi connectivity index (χ1v) is 6.25. The number of hydrogen-bond acceptors (Lipinski definition) is 8. The molecule has 0 amide bonds. The van der Waals surface area contributed by atoms with E-state index < -0.39 is 0 Å². The molecule has 1 aliphatic heterocycles. The van der Waals surface area contributed by atoms with Crippen LogP contribution in [-0.4, -0.2) is 33.4 Å². The summed E-state index contributed by atoms with van der Waals surface area (Å²) in [6, 6.07) is 6.97. The molecule has 0 atom stereocenters. The summed E-state index contributed by atoms with van der Waals surface area (Å²) >= 11 is 0. The van der Waals surface area contributed by atoms with E-state index in [-0.39, 0.29) is 5.57 Å². The average Bonchev–Trinajstić information content (AvgIpc) is 3.09. The third kappa shape index (κ3) is 2.51. The quantitative estimate of drug-likeness (QED) is 0.824. The minimum atomic E-state index is -0.0578. The van der Waals surface area contributed by atoms with Crippen molar-refractivity contribution in [2.75, 3.05) is 18.5 Å². The molecule has 108 valence electrons. The van der Waals surface area contributed by atoms with Gasteiger partial charge in [0.05, 0.1) is 11.4 Å². The van der Waals surface area contributed by atoms with Gasteiger partial charge in [-0.05, 0) is 10.4 Å². The molecule has 1 N–H and O–H groups in total. The molecule has 0 saturated heterocycles. The van der Waals surface area contributed by atoms with Crippen LogP contribution in [-0.2, 0) is 0 Å². The van der Waals surface area contributed by atoms with E-state index in [2.05, 4.69) is 20.8 Å². The Balaban J connectivity index is 2.05. The molecule has 22 heavy (non-hydrogen) atoms. The van der Waals surface area contributed by atoms with Gasteiger partial charge >= 0.3 is 0 Å². The van der Waals surface area contributed by atoms with Gasteiger partial charge in [-0.3, -0.25) is 0 Å². The summed E-state index contributed by atoms with van der Waals surface area (Å²) in [5, 5.41) is 31.5. The van der Waals surface area contributed by atoms with Crippen LogP contribution in [0.15, 0.2) is 30.2 Å². The molecule has 0 aliphatic carbocycles. The zero-order valence-electron chi connectivity index (χ0n) is 11.2. The summed E-state index contributed by atoms with van der Waals surface area (Å²) in [5.41, 5.74) is 1.11. The van der Waals surface area contributed by atoms with Crippen LogP contribution in [0, 0.1) is 22.7 Å². The lowest BCUT2D eigenvalue weighted by Crippen LogP contribution is -2.16. The van der Waals surface area contributed by atoms with Gasteiger partial charge in [0.2, 0.25) is 0 Å². The molecule has 9 heteroatoms. The fraction of sp³-hybridized carbons (Fsp3) is 0.154. The summed E-state index contributed by atoms with van der Waals surface area (Å²) in [5.74, 6) is 1.14. The van der Waals surface area contributed by atoms with Gasteiger partial charge in [0.25, 0.3) is 0 Å². The van der Waals surface area contributed by atoms with Crippen LogP contribution in [0.2, 0.25) is 0 Å². The van der Waals surface area contributed by atoms with Crippen molar-refractivity contribution in [2.45, 2.75) is 0 Å². The van der Waals surface area contributed by atoms with E-state index in [9.17, 15) is 0 Å². The predicted octanol–water partition coefficient (Wildman–Crippen LogP) is 0.776. The van der Waals surface area contributed by atoms with Crippen molar-refractivity contribution in [1.29, 1.82) is 10.5 Å². The van der Waals surface area contributed by atoms with Crippen molar-refractivity contribution in [3.63, 3.8) is 0 Å². The molecule has 1 aromatic carbocycles. The summed E-state index contributed by atoms with van der Waals surface area (Å²) < 4.78 is 12.5. The van der Waals surface area contributed by atoms with E-state index >= 15 is 0 Å². The van der Waals surface area contributed by atoms with Crippen molar-refractivity contribution in [2.24, 2.45) is 0 Å². The van der Waals surface area contributed by atoms with Crippen LogP contribution in [0.1, 0.15) is 0 Å². The third-order valence-corrected chi connectivity index (χ3v) is 2.87. The minimum absolute atomic E-state index is 0.0578. The summed E-state index contributed by atoms with van der Waals surface area (Å²) in [4.78, 5) is 0. The van der Waals surface area contributed by atoms with E-state index in [1.165, 1.54) is 17.2 Å². The first-order chi connectivity index (χ1) is 10.8. The van der Waals surface area contributed by atoms with Crippen LogP contribution in [0.5, 0.6) is 11.5 Å². The molecule has 9 nitrogen and oxygen atoms in total. The fourth-order valence-electron chi connectivity index (χ4n) is 1.89. The fourth-order valence-corrected chi connectivity index (χ4v) is 1.89. The Kier molecular flexibility index (Phi) is 3.54. The topological polar surface area (TPSA) is 122 Å². The largest absolute Gasteiger partial charge is 0.486 e. The summed E-state index contributed by atoms with van der Waals surface area (Å²) in [6.45, 7) is 0.913. The van der Waals surface area contributed by atoms with Gasteiger partial charge in [0.1, 0.15) is 37.3 Å². The molecule has 0 saturated carbocycles. The highest BCUT2D eigenvalue weighted by atomic mass is 16.6. The third-order valence-electron chi connectivity index (χ3n) is 2.87. The number of nitriles is 2. The van der Waals surface area contributed by atoms with Crippen LogP contribution in [0.25, 0.3) is 5.69 Å². The zero-order valence-corrected chi connectivity index (χ0v) is 11.2. The van der Waals surface area contributed by atoms with Gasteiger partial charge in [-0.15, -0.1) is 5.10 Å². The molecule has 0 bridgehead atoms. The number of nitrogens with zero attached hydrogens (tertiary/aromatic N) is 6. The number of allylic oxidation sites excluding steroid dienone is 1. The molecule has 0 unspecified atom stereocenters. The van der Waals surface area contributed by atoms with Gasteiger partial charge in [0.15, 0.2) is 11.5 Å². The second-order valence-electron chi connectivity index (χ2n) is 4.19. The molecular formula is C13H9N7O2. The Hall–Kier alpha value is -3.59. The molecule has 1 aliphatic rings. The standard InChI is InChI=1S/C13H9N7O2/c14-5-9(6-15)7-16-10-3-12-13(22-2-1-21-12)4-11(10)20-8-17-18-19-20/h3-4,7-8,16H,1-2H2. The number of anilines is 1. The van der Waals surface area contributed by atoms with E-state index in [0.717, 1.165) is 0 Å². The molecule has 1 aromatic heterocycles. The smallest absolute Gasteiger partial charge is 0.163 e. The Morgan fingerprint density at radius 3 is 2.59 bits per heavy atom. The highest BCUT2D eigenvalue weighted by Crippen LogP contribution is 2.37. The maximum absolute atomic E-state index is 8.79. The van der Waals surface area contributed by atoms with E-state index in [4.69, 9.17) is 20.0 Å². The predicted molar refractivity (Wildman–Crippen MR) is 73.1 cm³/mol. The first kappa shape index (κ1) is 13.4. The number of nitrogens with one attached hydrogen (secondary N) is 1. The van der Waals surface area contributed by atoms with Gasteiger partial charge in [-0.25, -0.2) is 0 Å². The van der Waals surface area contributed by atoms with Crippen molar-refractivity contribution >= 4 is 5.69 Å². The highest BCUT2D eigenvalue weighted by Gasteiger charge is 2.17. The minimum Gasteiger partial charge on any atom is -0.486 e. The van der Waals surface area contributed by atoms with Crippen molar-refractivity contribution in [3.05, 3.63) is 30.2 Å². The summed E-state index contributed by atoms with van der Waals surface area (Å²) in [7, 11) is 0. The molecule has 2 heterocycles. The molecule has 0 fully saturated rings.